The summed E-state index contributed by atoms with van der Waals surface area (Å²) < 4.78 is 102. The zero-order valence-electron chi connectivity index (χ0n) is 24.8. The number of carbonyl (C=O) groups excluding carboxylic acids is 2. The predicted molar refractivity (Wildman–Crippen MR) is 156 cm³/mol. The zero-order valence-corrected chi connectivity index (χ0v) is 24.8. The maximum absolute atomic E-state index is 15.2. The first kappa shape index (κ1) is 32.0. The molecule has 0 spiro atoms. The number of primary amides is 1. The lowest BCUT2D eigenvalue weighted by Gasteiger charge is -2.23. The van der Waals surface area contributed by atoms with Gasteiger partial charge in [0.2, 0.25) is 5.91 Å². The lowest BCUT2D eigenvalue weighted by atomic mass is 10.0. The molecule has 2 aliphatic rings. The smallest absolute Gasteiger partial charge is 0.293 e. The van der Waals surface area contributed by atoms with Gasteiger partial charge < -0.3 is 11.1 Å². The van der Waals surface area contributed by atoms with Gasteiger partial charge in [-0.25, -0.2) is 31.9 Å². The van der Waals surface area contributed by atoms with Crippen molar-refractivity contribution in [1.82, 2.24) is 29.6 Å². The van der Waals surface area contributed by atoms with Gasteiger partial charge in [-0.2, -0.15) is 13.9 Å². The van der Waals surface area contributed by atoms with Gasteiger partial charge in [-0.05, 0) is 60.4 Å². The average molecular weight is 686 g/mol. The fourth-order valence-electron chi connectivity index (χ4n) is 6.49. The number of rotatable bonds is 9. The van der Waals surface area contributed by atoms with Gasteiger partial charge in [0.05, 0.1) is 22.7 Å². The van der Waals surface area contributed by atoms with E-state index in [1.807, 2.05) is 0 Å². The van der Waals surface area contributed by atoms with Crippen molar-refractivity contribution in [3.8, 4) is 5.69 Å². The van der Waals surface area contributed by atoms with E-state index >= 15 is 8.78 Å². The fraction of sp³-hybridized carbons (Fsp3) is 0.250. The molecule has 1 fully saturated rings. The molecule has 3 N–H and O–H groups in total. The summed E-state index contributed by atoms with van der Waals surface area (Å²) in [4.78, 5) is 48.0. The van der Waals surface area contributed by atoms with E-state index in [9.17, 15) is 36.3 Å². The number of hydrogen-bond acceptors (Lipinski definition) is 6. The quantitative estimate of drug-likeness (QED) is 0.215. The molecule has 3 atom stereocenters. The fourth-order valence-corrected chi connectivity index (χ4v) is 6.49. The molecule has 3 aromatic heterocycles. The highest BCUT2D eigenvalue weighted by Crippen LogP contribution is 2.68. The van der Waals surface area contributed by atoms with E-state index in [1.54, 1.807) is 0 Å². The Balaban J connectivity index is 1.36. The summed E-state index contributed by atoms with van der Waals surface area (Å²) in [6, 6.07) is 6.71. The third kappa shape index (κ3) is 5.47. The largest absolute Gasteiger partial charge is 0.366 e. The first-order valence-electron chi connectivity index (χ1n) is 14.7. The number of alkyl halides is 4. The lowest BCUT2D eigenvalue weighted by molar-refractivity contribution is -0.123. The van der Waals surface area contributed by atoms with Crippen LogP contribution in [-0.4, -0.2) is 36.1 Å². The summed E-state index contributed by atoms with van der Waals surface area (Å²) in [6.45, 7) is -0.976. The molecule has 7 rings (SSSR count). The Bertz CT molecular complexity index is 2230. The van der Waals surface area contributed by atoms with Crippen molar-refractivity contribution in [2.75, 3.05) is 0 Å². The van der Waals surface area contributed by atoms with Gasteiger partial charge in [0, 0.05) is 30.2 Å². The molecule has 2 aromatic carbocycles. The molecular weight excluding hydrogens is 663 g/mol. The van der Waals surface area contributed by atoms with E-state index in [2.05, 4.69) is 20.4 Å². The summed E-state index contributed by atoms with van der Waals surface area (Å²) >= 11 is 0. The van der Waals surface area contributed by atoms with Gasteiger partial charge in [-0.1, -0.05) is 0 Å². The monoisotopic (exact) mass is 685 g/mol. The number of nitrogens with two attached hydrogens (primary N) is 1. The topological polar surface area (TPSA) is 138 Å². The third-order valence-electron chi connectivity index (χ3n) is 8.61. The molecule has 0 aliphatic heterocycles. The van der Waals surface area contributed by atoms with Crippen LogP contribution in [0.15, 0.2) is 59.5 Å². The number of carbonyl (C=O) groups is 2. The number of amides is 2. The SMILES string of the molecule is NC(=O)c1cc(-n2c([C@H](Cc3cc(F)cc(F)c3)NC(=O)Cn3nc(C(F)F)c4c3C(F)(F)[C@@H]3C[C@H]43)nc3ncccc3c2=O)ccc1F. The van der Waals surface area contributed by atoms with E-state index in [0.29, 0.717) is 10.7 Å². The maximum Gasteiger partial charge on any atom is 0.293 e. The van der Waals surface area contributed by atoms with Gasteiger partial charge >= 0.3 is 0 Å². The Hall–Kier alpha value is -5.61. The molecule has 17 heteroatoms. The number of aromatic nitrogens is 5. The molecule has 252 valence electrons. The highest BCUT2D eigenvalue weighted by Gasteiger charge is 2.67. The summed E-state index contributed by atoms with van der Waals surface area (Å²) in [5.41, 5.74) is 1.64. The van der Waals surface area contributed by atoms with Crippen LogP contribution in [0.2, 0.25) is 0 Å². The minimum absolute atomic E-state index is 0.00390. The highest BCUT2D eigenvalue weighted by molar-refractivity contribution is 5.93. The van der Waals surface area contributed by atoms with E-state index < -0.39 is 95.0 Å². The van der Waals surface area contributed by atoms with Crippen molar-refractivity contribution >= 4 is 22.8 Å². The number of hydrogen-bond donors (Lipinski definition) is 2. The molecule has 2 amide bonds. The van der Waals surface area contributed by atoms with Crippen molar-refractivity contribution in [1.29, 1.82) is 0 Å². The Morgan fingerprint density at radius 1 is 1.06 bits per heavy atom. The Labute approximate surface area is 270 Å². The lowest BCUT2D eigenvalue weighted by Crippen LogP contribution is -2.38. The van der Waals surface area contributed by atoms with Crippen LogP contribution in [0.3, 0.4) is 0 Å². The second-order valence-corrected chi connectivity index (χ2v) is 11.8. The molecule has 1 saturated carbocycles. The standard InChI is InChI=1S/C32H22F7N7O3/c33-14-6-13(7-15(34)9-14)8-22(42-23(47)12-45-26-24(25(44-45)27(36)37)18-11-20(18)32(26,38)39)30-43-29-17(2-1-5-41-29)31(49)46(30)16-3-4-21(35)19(10-16)28(40)48/h1-7,9-10,18,20,22,27H,8,11-12H2,(H2,40,48)(H,42,47)/t18-,20+,22-/m0/s1. The summed E-state index contributed by atoms with van der Waals surface area (Å²) in [5, 5.41) is 6.11. The number of halogens is 7. The second-order valence-electron chi connectivity index (χ2n) is 11.8. The molecule has 0 bridgehead atoms. The minimum atomic E-state index is -3.52. The predicted octanol–water partition coefficient (Wildman–Crippen LogP) is 4.74. The number of benzene rings is 2. The summed E-state index contributed by atoms with van der Waals surface area (Å²) in [7, 11) is 0. The minimum Gasteiger partial charge on any atom is -0.366 e. The van der Waals surface area contributed by atoms with Gasteiger partial charge in [0.1, 0.15) is 41.2 Å². The van der Waals surface area contributed by atoms with Crippen LogP contribution >= 0.6 is 0 Å². The van der Waals surface area contributed by atoms with E-state index in [1.165, 1.54) is 18.3 Å². The van der Waals surface area contributed by atoms with Crippen LogP contribution in [0.4, 0.5) is 30.7 Å². The van der Waals surface area contributed by atoms with E-state index in [4.69, 9.17) is 5.73 Å². The van der Waals surface area contributed by atoms with Crippen LogP contribution < -0.4 is 16.6 Å². The molecule has 3 heterocycles. The highest BCUT2D eigenvalue weighted by atomic mass is 19.3. The molecule has 0 radical (unpaired) electrons. The second kappa shape index (κ2) is 11.5. The maximum atomic E-state index is 15.2. The molecular formula is C32H22F7N7O3. The van der Waals surface area contributed by atoms with Gasteiger partial charge in [-0.15, -0.1) is 0 Å². The Morgan fingerprint density at radius 3 is 2.49 bits per heavy atom. The number of fused-ring (bicyclic) bond motifs is 4. The number of nitrogens with zero attached hydrogens (tertiary/aromatic N) is 5. The van der Waals surface area contributed by atoms with Crippen LogP contribution in [0, 0.1) is 23.4 Å². The van der Waals surface area contributed by atoms with E-state index in [-0.39, 0.29) is 40.1 Å². The first-order chi connectivity index (χ1) is 23.2. The first-order valence-corrected chi connectivity index (χ1v) is 14.7. The van der Waals surface area contributed by atoms with Crippen molar-refractivity contribution in [2.45, 2.75) is 43.7 Å². The Morgan fingerprint density at radius 2 is 1.80 bits per heavy atom. The van der Waals surface area contributed by atoms with Crippen molar-refractivity contribution in [3.05, 3.63) is 116 Å². The van der Waals surface area contributed by atoms with E-state index in [0.717, 1.165) is 34.9 Å². The van der Waals surface area contributed by atoms with Gasteiger partial charge in [0.25, 0.3) is 23.8 Å². The molecule has 0 unspecified atom stereocenters. The van der Waals surface area contributed by atoms with Gasteiger partial charge in [0.15, 0.2) is 5.65 Å². The van der Waals surface area contributed by atoms with Crippen molar-refractivity contribution in [3.63, 3.8) is 0 Å². The Kier molecular flexibility index (Phi) is 7.52. The summed E-state index contributed by atoms with van der Waals surface area (Å²) in [6.07, 6.45) is -2.34. The molecule has 2 aliphatic carbocycles. The van der Waals surface area contributed by atoms with Crippen LogP contribution in [0.25, 0.3) is 16.7 Å². The van der Waals surface area contributed by atoms with Crippen LogP contribution in [-0.2, 0) is 23.7 Å². The number of pyridine rings is 1. The molecule has 49 heavy (non-hydrogen) atoms. The van der Waals surface area contributed by atoms with Crippen LogP contribution in [0.5, 0.6) is 0 Å². The zero-order chi connectivity index (χ0) is 34.9. The van der Waals surface area contributed by atoms with Crippen LogP contribution in [0.1, 0.15) is 63.5 Å². The molecule has 5 aromatic rings. The van der Waals surface area contributed by atoms with Crippen molar-refractivity contribution < 1.29 is 40.3 Å². The van der Waals surface area contributed by atoms with Crippen molar-refractivity contribution in [2.24, 2.45) is 11.7 Å². The normalized spacial score (nSPS) is 18.0. The number of nitrogens with one attached hydrogen (secondary N) is 1. The summed E-state index contributed by atoms with van der Waals surface area (Å²) in [5.74, 6) is -11.1. The van der Waals surface area contributed by atoms with Gasteiger partial charge in [-0.3, -0.25) is 23.6 Å². The average Bonchev–Trinajstić information content (AvgIpc) is 3.69. The third-order valence-corrected chi connectivity index (χ3v) is 8.61. The molecule has 10 nitrogen and oxygen atoms in total. The molecule has 0 saturated heterocycles.